The number of piperidine rings is 1. The van der Waals surface area contributed by atoms with E-state index in [2.05, 4.69) is 5.32 Å². The van der Waals surface area contributed by atoms with E-state index in [0.717, 1.165) is 25.9 Å². The number of rotatable bonds is 4. The quantitative estimate of drug-likeness (QED) is 0.838. The second-order valence-electron chi connectivity index (χ2n) is 4.85. The second-order valence-corrected chi connectivity index (χ2v) is 5.73. The SMILES string of the molecule is NC(=S)c1ccc(Cl)cc1NCC(=O)N1CCCCC1. The fourth-order valence-corrected chi connectivity index (χ4v) is 2.65. The molecule has 0 aliphatic carbocycles. The van der Waals surface area contributed by atoms with Gasteiger partial charge in [-0.1, -0.05) is 23.8 Å². The maximum absolute atomic E-state index is 12.1. The molecule has 108 valence electrons. The summed E-state index contributed by atoms with van der Waals surface area (Å²) in [6.45, 7) is 1.92. The molecule has 1 aromatic carbocycles. The zero-order chi connectivity index (χ0) is 14.5. The molecule has 0 atom stereocenters. The molecule has 0 bridgehead atoms. The molecule has 1 saturated heterocycles. The summed E-state index contributed by atoms with van der Waals surface area (Å²) >= 11 is 11.0. The van der Waals surface area contributed by atoms with Crippen LogP contribution in [0.1, 0.15) is 24.8 Å². The number of nitrogens with two attached hydrogens (primary N) is 1. The number of likely N-dealkylation sites (tertiary alicyclic amines) is 1. The Morgan fingerprint density at radius 3 is 2.70 bits per heavy atom. The number of carbonyl (C=O) groups is 1. The standard InChI is InChI=1S/C14H18ClN3OS/c15-10-4-5-11(14(16)20)12(8-10)17-9-13(19)18-6-2-1-3-7-18/h4-5,8,17H,1-3,6-7,9H2,(H2,16,20). The maximum atomic E-state index is 12.1. The molecule has 20 heavy (non-hydrogen) atoms. The third-order valence-electron chi connectivity index (χ3n) is 3.39. The van der Waals surface area contributed by atoms with Gasteiger partial charge >= 0.3 is 0 Å². The summed E-state index contributed by atoms with van der Waals surface area (Å²) in [5, 5.41) is 3.67. The first kappa shape index (κ1) is 15.1. The Labute approximate surface area is 129 Å². The Kier molecular flexibility index (Phi) is 5.20. The first-order valence-corrected chi connectivity index (χ1v) is 7.47. The Bertz CT molecular complexity index is 515. The van der Waals surface area contributed by atoms with Crippen LogP contribution in [0.5, 0.6) is 0 Å². The van der Waals surface area contributed by atoms with Gasteiger partial charge in [0, 0.05) is 29.4 Å². The van der Waals surface area contributed by atoms with Crippen LogP contribution in [0.25, 0.3) is 0 Å². The van der Waals surface area contributed by atoms with E-state index in [4.69, 9.17) is 29.6 Å². The van der Waals surface area contributed by atoms with Gasteiger partial charge in [0.05, 0.1) is 6.54 Å². The lowest BCUT2D eigenvalue weighted by molar-refractivity contribution is -0.130. The molecular formula is C14H18ClN3OS. The highest BCUT2D eigenvalue weighted by Gasteiger charge is 2.16. The zero-order valence-corrected chi connectivity index (χ0v) is 12.8. The van der Waals surface area contributed by atoms with E-state index in [9.17, 15) is 4.79 Å². The molecule has 6 heteroatoms. The lowest BCUT2D eigenvalue weighted by Crippen LogP contribution is -2.39. The van der Waals surface area contributed by atoms with Gasteiger partial charge in [-0.15, -0.1) is 0 Å². The number of anilines is 1. The van der Waals surface area contributed by atoms with E-state index in [-0.39, 0.29) is 17.4 Å². The summed E-state index contributed by atoms with van der Waals surface area (Å²) in [5.74, 6) is 0.0959. The van der Waals surface area contributed by atoms with Gasteiger partial charge in [-0.05, 0) is 37.5 Å². The molecule has 1 aliphatic heterocycles. The highest BCUT2D eigenvalue weighted by atomic mass is 35.5. The predicted molar refractivity (Wildman–Crippen MR) is 86.3 cm³/mol. The first-order valence-electron chi connectivity index (χ1n) is 6.69. The van der Waals surface area contributed by atoms with Crippen LogP contribution in [0.4, 0.5) is 5.69 Å². The molecule has 3 N–H and O–H groups in total. The van der Waals surface area contributed by atoms with Crippen molar-refractivity contribution in [2.24, 2.45) is 5.73 Å². The zero-order valence-electron chi connectivity index (χ0n) is 11.2. The molecule has 0 spiro atoms. The number of amides is 1. The fourth-order valence-electron chi connectivity index (χ4n) is 2.30. The summed E-state index contributed by atoms with van der Waals surface area (Å²) in [4.78, 5) is 14.3. The minimum absolute atomic E-state index is 0.0959. The van der Waals surface area contributed by atoms with Gasteiger partial charge in [-0.3, -0.25) is 4.79 Å². The van der Waals surface area contributed by atoms with E-state index in [1.807, 2.05) is 4.90 Å². The van der Waals surface area contributed by atoms with Gasteiger partial charge < -0.3 is 16.0 Å². The van der Waals surface area contributed by atoms with Crippen LogP contribution < -0.4 is 11.1 Å². The Morgan fingerprint density at radius 2 is 2.05 bits per heavy atom. The molecule has 2 rings (SSSR count). The van der Waals surface area contributed by atoms with Crippen molar-refractivity contribution in [1.82, 2.24) is 4.90 Å². The third kappa shape index (κ3) is 3.84. The van der Waals surface area contributed by atoms with Crippen LogP contribution in [0.2, 0.25) is 5.02 Å². The number of hydrogen-bond acceptors (Lipinski definition) is 3. The highest BCUT2D eigenvalue weighted by molar-refractivity contribution is 7.80. The molecule has 0 unspecified atom stereocenters. The van der Waals surface area contributed by atoms with Gasteiger partial charge in [-0.2, -0.15) is 0 Å². The average molecular weight is 312 g/mol. The van der Waals surface area contributed by atoms with Gasteiger partial charge in [0.25, 0.3) is 0 Å². The van der Waals surface area contributed by atoms with Gasteiger partial charge in [0.1, 0.15) is 4.99 Å². The number of thiocarbonyl (C=S) groups is 1. The number of carbonyl (C=O) groups excluding carboxylic acids is 1. The van der Waals surface area contributed by atoms with Crippen LogP contribution in [0, 0.1) is 0 Å². The Morgan fingerprint density at radius 1 is 1.35 bits per heavy atom. The smallest absolute Gasteiger partial charge is 0.241 e. The van der Waals surface area contributed by atoms with Crippen LogP contribution in [0.15, 0.2) is 18.2 Å². The van der Waals surface area contributed by atoms with Gasteiger partial charge in [-0.25, -0.2) is 0 Å². The molecule has 0 aromatic heterocycles. The number of nitrogens with zero attached hydrogens (tertiary/aromatic N) is 1. The van der Waals surface area contributed by atoms with Gasteiger partial charge in [0.2, 0.25) is 5.91 Å². The van der Waals surface area contributed by atoms with E-state index in [1.54, 1.807) is 18.2 Å². The molecule has 1 amide bonds. The van der Waals surface area contributed by atoms with Crippen molar-refractivity contribution in [2.75, 3.05) is 25.0 Å². The third-order valence-corrected chi connectivity index (χ3v) is 3.84. The monoisotopic (exact) mass is 311 g/mol. The van der Waals surface area contributed by atoms with Crippen LogP contribution >= 0.6 is 23.8 Å². The number of benzene rings is 1. The molecule has 1 aliphatic rings. The normalized spacial score (nSPS) is 14.9. The molecular weight excluding hydrogens is 294 g/mol. The highest BCUT2D eigenvalue weighted by Crippen LogP contribution is 2.21. The molecule has 0 saturated carbocycles. The van der Waals surface area contributed by atoms with Crippen LogP contribution in [-0.4, -0.2) is 35.4 Å². The van der Waals surface area contributed by atoms with Crippen LogP contribution in [-0.2, 0) is 4.79 Å². The topological polar surface area (TPSA) is 58.4 Å². The maximum Gasteiger partial charge on any atom is 0.241 e. The van der Waals surface area contributed by atoms with Crippen molar-refractivity contribution in [3.05, 3.63) is 28.8 Å². The van der Waals surface area contributed by atoms with E-state index >= 15 is 0 Å². The summed E-state index contributed by atoms with van der Waals surface area (Å²) in [5.41, 5.74) is 7.08. The minimum atomic E-state index is 0.0959. The number of hydrogen-bond donors (Lipinski definition) is 2. The lowest BCUT2D eigenvalue weighted by Gasteiger charge is -2.27. The lowest BCUT2D eigenvalue weighted by atomic mass is 10.1. The predicted octanol–water partition coefficient (Wildman–Crippen LogP) is 2.40. The molecule has 1 aromatic rings. The average Bonchev–Trinajstić information content (AvgIpc) is 2.45. The Hall–Kier alpha value is -1.33. The molecule has 4 nitrogen and oxygen atoms in total. The first-order chi connectivity index (χ1) is 9.58. The van der Waals surface area contributed by atoms with E-state index in [1.165, 1.54) is 6.42 Å². The van der Waals surface area contributed by atoms with Crippen molar-refractivity contribution in [1.29, 1.82) is 0 Å². The van der Waals surface area contributed by atoms with Crippen molar-refractivity contribution in [2.45, 2.75) is 19.3 Å². The molecule has 0 radical (unpaired) electrons. The molecule has 1 fully saturated rings. The minimum Gasteiger partial charge on any atom is -0.389 e. The fraction of sp³-hybridized carbons (Fsp3) is 0.429. The summed E-state index contributed by atoms with van der Waals surface area (Å²) in [7, 11) is 0. The summed E-state index contributed by atoms with van der Waals surface area (Å²) in [6, 6.07) is 5.23. The van der Waals surface area contributed by atoms with Crippen molar-refractivity contribution >= 4 is 40.4 Å². The van der Waals surface area contributed by atoms with E-state index < -0.39 is 0 Å². The number of halogens is 1. The summed E-state index contributed by atoms with van der Waals surface area (Å²) in [6.07, 6.45) is 3.37. The van der Waals surface area contributed by atoms with Crippen LogP contribution in [0.3, 0.4) is 0 Å². The summed E-state index contributed by atoms with van der Waals surface area (Å²) < 4.78 is 0. The Balaban J connectivity index is 2.01. The van der Waals surface area contributed by atoms with Crippen molar-refractivity contribution in [3.63, 3.8) is 0 Å². The van der Waals surface area contributed by atoms with Crippen molar-refractivity contribution in [3.8, 4) is 0 Å². The largest absolute Gasteiger partial charge is 0.389 e. The van der Waals surface area contributed by atoms with Gasteiger partial charge in [0.15, 0.2) is 0 Å². The molecule has 1 heterocycles. The van der Waals surface area contributed by atoms with E-state index in [0.29, 0.717) is 16.3 Å². The van der Waals surface area contributed by atoms with Crippen molar-refractivity contribution < 1.29 is 4.79 Å². The second kappa shape index (κ2) is 6.90. The number of nitrogens with one attached hydrogen (secondary N) is 1.